The van der Waals surface area contributed by atoms with Gasteiger partial charge in [0.15, 0.2) is 0 Å². The fourth-order valence-corrected chi connectivity index (χ4v) is 4.55. The Morgan fingerprint density at radius 2 is 1.87 bits per heavy atom. The molecular weight excluding hydrogens is 410 g/mol. The second-order valence-corrected chi connectivity index (χ2v) is 8.27. The Morgan fingerprint density at radius 3 is 2.61 bits per heavy atom. The average Bonchev–Trinajstić information content (AvgIpc) is 3.34. The highest BCUT2D eigenvalue weighted by Crippen LogP contribution is 2.28. The van der Waals surface area contributed by atoms with E-state index < -0.39 is 0 Å². The SMILES string of the molecule is CCOc1ccc2ccccc2c1C(=O)NCCN1CCN(C(=O)c2ccsc2)CC1. The van der Waals surface area contributed by atoms with Crippen LogP contribution >= 0.6 is 11.3 Å². The molecule has 1 N–H and O–H groups in total. The van der Waals surface area contributed by atoms with Crippen LogP contribution in [0.15, 0.2) is 53.2 Å². The highest BCUT2D eigenvalue weighted by atomic mass is 32.1. The standard InChI is InChI=1S/C24H27N3O3S/c1-2-30-21-8-7-18-5-3-4-6-20(18)22(21)23(28)25-10-11-26-12-14-27(15-13-26)24(29)19-9-16-31-17-19/h3-9,16-17H,2,10-15H2,1H3,(H,25,28). The van der Waals surface area contributed by atoms with Gasteiger partial charge in [-0.05, 0) is 35.2 Å². The predicted octanol–water partition coefficient (Wildman–Crippen LogP) is 3.49. The fourth-order valence-electron chi connectivity index (χ4n) is 3.92. The summed E-state index contributed by atoms with van der Waals surface area (Å²) in [6.45, 7) is 6.76. The van der Waals surface area contributed by atoms with Crippen LogP contribution in [0.1, 0.15) is 27.6 Å². The minimum Gasteiger partial charge on any atom is -0.493 e. The van der Waals surface area contributed by atoms with E-state index in [0.717, 1.165) is 36.0 Å². The van der Waals surface area contributed by atoms with E-state index in [1.54, 1.807) is 11.3 Å². The highest BCUT2D eigenvalue weighted by Gasteiger charge is 2.22. The van der Waals surface area contributed by atoms with Crippen molar-refractivity contribution in [2.75, 3.05) is 45.9 Å². The smallest absolute Gasteiger partial charge is 0.255 e. The lowest BCUT2D eigenvalue weighted by Gasteiger charge is -2.34. The van der Waals surface area contributed by atoms with E-state index in [-0.39, 0.29) is 11.8 Å². The van der Waals surface area contributed by atoms with Crippen LogP contribution in [0.25, 0.3) is 10.8 Å². The van der Waals surface area contributed by atoms with Crippen molar-refractivity contribution in [3.63, 3.8) is 0 Å². The summed E-state index contributed by atoms with van der Waals surface area (Å²) in [5.74, 6) is 0.597. The number of carbonyl (C=O) groups is 2. The van der Waals surface area contributed by atoms with Crippen LogP contribution in [0.3, 0.4) is 0 Å². The highest BCUT2D eigenvalue weighted by molar-refractivity contribution is 7.08. The molecule has 0 spiro atoms. The maximum Gasteiger partial charge on any atom is 0.255 e. The molecule has 31 heavy (non-hydrogen) atoms. The molecule has 0 bridgehead atoms. The molecule has 0 radical (unpaired) electrons. The summed E-state index contributed by atoms with van der Waals surface area (Å²) in [7, 11) is 0. The summed E-state index contributed by atoms with van der Waals surface area (Å²) in [6, 6.07) is 13.6. The van der Waals surface area contributed by atoms with Crippen molar-refractivity contribution >= 4 is 33.9 Å². The number of amides is 2. The fraction of sp³-hybridized carbons (Fsp3) is 0.333. The van der Waals surface area contributed by atoms with E-state index in [1.807, 2.05) is 65.0 Å². The maximum absolute atomic E-state index is 13.0. The van der Waals surface area contributed by atoms with Crippen LogP contribution in [-0.2, 0) is 0 Å². The number of nitrogens with one attached hydrogen (secondary N) is 1. The lowest BCUT2D eigenvalue weighted by molar-refractivity contribution is 0.0638. The number of hydrogen-bond donors (Lipinski definition) is 1. The molecule has 1 aliphatic heterocycles. The molecule has 1 fully saturated rings. The van der Waals surface area contributed by atoms with E-state index in [4.69, 9.17) is 4.74 Å². The average molecular weight is 438 g/mol. The van der Waals surface area contributed by atoms with Gasteiger partial charge >= 0.3 is 0 Å². The molecule has 0 unspecified atom stereocenters. The molecule has 162 valence electrons. The van der Waals surface area contributed by atoms with Gasteiger partial charge in [-0.2, -0.15) is 11.3 Å². The zero-order valence-corrected chi connectivity index (χ0v) is 18.5. The van der Waals surface area contributed by atoms with Crippen LogP contribution in [0.4, 0.5) is 0 Å². The number of piperazine rings is 1. The number of ether oxygens (including phenoxy) is 1. The first-order valence-electron chi connectivity index (χ1n) is 10.6. The van der Waals surface area contributed by atoms with Gasteiger partial charge in [-0.25, -0.2) is 0 Å². The van der Waals surface area contributed by atoms with Crippen molar-refractivity contribution in [2.45, 2.75) is 6.92 Å². The summed E-state index contributed by atoms with van der Waals surface area (Å²) in [4.78, 5) is 29.7. The molecule has 1 aliphatic rings. The minimum atomic E-state index is -0.119. The summed E-state index contributed by atoms with van der Waals surface area (Å²) in [6.07, 6.45) is 0. The number of hydrogen-bond acceptors (Lipinski definition) is 5. The molecule has 0 saturated carbocycles. The monoisotopic (exact) mass is 437 g/mol. The Kier molecular flexibility index (Phi) is 6.84. The lowest BCUT2D eigenvalue weighted by atomic mass is 10.0. The molecular formula is C24H27N3O3S. The number of fused-ring (bicyclic) bond motifs is 1. The second-order valence-electron chi connectivity index (χ2n) is 7.49. The summed E-state index contributed by atoms with van der Waals surface area (Å²) >= 11 is 1.54. The second kappa shape index (κ2) is 9.94. The van der Waals surface area contributed by atoms with Gasteiger partial charge in [0.1, 0.15) is 5.75 Å². The first-order valence-corrected chi connectivity index (χ1v) is 11.6. The van der Waals surface area contributed by atoms with Gasteiger partial charge in [0.05, 0.1) is 17.7 Å². The maximum atomic E-state index is 13.0. The van der Waals surface area contributed by atoms with Crippen LogP contribution in [0.2, 0.25) is 0 Å². The van der Waals surface area contributed by atoms with Crippen molar-refractivity contribution < 1.29 is 14.3 Å². The van der Waals surface area contributed by atoms with Crippen LogP contribution in [-0.4, -0.2) is 67.5 Å². The zero-order valence-electron chi connectivity index (χ0n) is 17.7. The number of carbonyl (C=O) groups excluding carboxylic acids is 2. The molecule has 4 rings (SSSR count). The molecule has 0 atom stereocenters. The topological polar surface area (TPSA) is 61.9 Å². The summed E-state index contributed by atoms with van der Waals surface area (Å²) in [5, 5.41) is 8.79. The Hall–Kier alpha value is -2.90. The number of thiophene rings is 1. The lowest BCUT2D eigenvalue weighted by Crippen LogP contribution is -2.50. The van der Waals surface area contributed by atoms with Crippen molar-refractivity contribution in [1.82, 2.24) is 15.1 Å². The van der Waals surface area contributed by atoms with Crippen LogP contribution in [0.5, 0.6) is 5.75 Å². The molecule has 1 saturated heterocycles. The predicted molar refractivity (Wildman–Crippen MR) is 124 cm³/mol. The van der Waals surface area contributed by atoms with Gasteiger partial charge in [-0.3, -0.25) is 14.5 Å². The quantitative estimate of drug-likeness (QED) is 0.615. The van der Waals surface area contributed by atoms with Gasteiger partial charge in [-0.1, -0.05) is 30.3 Å². The van der Waals surface area contributed by atoms with E-state index in [2.05, 4.69) is 10.2 Å². The number of benzene rings is 2. The Labute approximate surface area is 186 Å². The Bertz CT molecular complexity index is 1040. The van der Waals surface area contributed by atoms with E-state index >= 15 is 0 Å². The Balaban J connectivity index is 1.32. The van der Waals surface area contributed by atoms with Crippen molar-refractivity contribution in [3.8, 4) is 5.75 Å². The van der Waals surface area contributed by atoms with E-state index in [1.165, 1.54) is 0 Å². The van der Waals surface area contributed by atoms with E-state index in [9.17, 15) is 9.59 Å². The molecule has 2 heterocycles. The third kappa shape index (κ3) is 4.89. The van der Waals surface area contributed by atoms with Gasteiger partial charge < -0.3 is 15.0 Å². The molecule has 6 nitrogen and oxygen atoms in total. The van der Waals surface area contributed by atoms with Gasteiger partial charge in [0.25, 0.3) is 11.8 Å². The van der Waals surface area contributed by atoms with Crippen molar-refractivity contribution in [1.29, 1.82) is 0 Å². The Morgan fingerprint density at radius 1 is 1.06 bits per heavy atom. The summed E-state index contributed by atoms with van der Waals surface area (Å²) < 4.78 is 5.72. The number of nitrogens with zero attached hydrogens (tertiary/aromatic N) is 2. The molecule has 0 aliphatic carbocycles. The van der Waals surface area contributed by atoms with Gasteiger partial charge in [-0.15, -0.1) is 0 Å². The molecule has 7 heteroatoms. The molecule has 2 aromatic carbocycles. The van der Waals surface area contributed by atoms with Gasteiger partial charge in [0.2, 0.25) is 0 Å². The molecule has 3 aromatic rings. The molecule has 1 aromatic heterocycles. The summed E-state index contributed by atoms with van der Waals surface area (Å²) in [5.41, 5.74) is 1.36. The van der Waals surface area contributed by atoms with E-state index in [0.29, 0.717) is 37.6 Å². The first kappa shape index (κ1) is 21.3. The minimum absolute atomic E-state index is 0.105. The third-order valence-electron chi connectivity index (χ3n) is 5.56. The molecule has 2 amide bonds. The first-order chi connectivity index (χ1) is 15.2. The largest absolute Gasteiger partial charge is 0.493 e. The zero-order chi connectivity index (χ0) is 21.6. The van der Waals surface area contributed by atoms with Crippen LogP contribution < -0.4 is 10.1 Å². The van der Waals surface area contributed by atoms with Crippen molar-refractivity contribution in [2.24, 2.45) is 0 Å². The normalized spacial score (nSPS) is 14.5. The number of rotatable bonds is 7. The van der Waals surface area contributed by atoms with Gasteiger partial charge in [0, 0.05) is 44.6 Å². The van der Waals surface area contributed by atoms with Crippen molar-refractivity contribution in [3.05, 3.63) is 64.4 Å². The third-order valence-corrected chi connectivity index (χ3v) is 6.24. The van der Waals surface area contributed by atoms with Crippen LogP contribution in [0, 0.1) is 0 Å².